The maximum atomic E-state index is 6.68. The highest BCUT2D eigenvalue weighted by Crippen LogP contribution is 2.52. The number of fused-ring (bicyclic) bond motifs is 3. The van der Waals surface area contributed by atoms with E-state index in [0.717, 1.165) is 17.8 Å². The Morgan fingerprint density at radius 1 is 1.12 bits per heavy atom. The van der Waals surface area contributed by atoms with Crippen LogP contribution in [0.25, 0.3) is 0 Å². The van der Waals surface area contributed by atoms with Gasteiger partial charge in [-0.1, -0.05) is 25.0 Å². The molecule has 0 saturated heterocycles. The molecule has 4 atom stereocenters. The monoisotopic (exact) mass is 219 g/mol. The van der Waals surface area contributed by atoms with Gasteiger partial charge in [0.2, 0.25) is 0 Å². The first kappa shape index (κ1) is 10.8. The van der Waals surface area contributed by atoms with Crippen LogP contribution in [0, 0.1) is 17.8 Å². The molecular formula is C15H25N. The van der Waals surface area contributed by atoms with Crippen LogP contribution in [0.5, 0.6) is 0 Å². The average Bonchev–Trinajstić information content (AvgIpc) is 2.28. The number of hydrogen-bond acceptors (Lipinski definition) is 1. The van der Waals surface area contributed by atoms with Crippen LogP contribution in [0.15, 0.2) is 12.2 Å². The van der Waals surface area contributed by atoms with Crippen LogP contribution < -0.4 is 5.73 Å². The van der Waals surface area contributed by atoms with E-state index in [1.54, 1.807) is 0 Å². The summed E-state index contributed by atoms with van der Waals surface area (Å²) in [6.45, 7) is 4.20. The van der Waals surface area contributed by atoms with Gasteiger partial charge in [0.25, 0.3) is 0 Å². The van der Waals surface area contributed by atoms with E-state index in [1.165, 1.54) is 63.4 Å². The van der Waals surface area contributed by atoms with Crippen molar-refractivity contribution in [3.8, 4) is 0 Å². The normalized spacial score (nSPS) is 48.3. The lowest BCUT2D eigenvalue weighted by molar-refractivity contribution is 0.0172. The lowest BCUT2D eigenvalue weighted by atomic mass is 9.54. The molecule has 0 amide bonds. The number of allylic oxidation sites excluding steroid dienone is 1. The standard InChI is InChI=1S/C15H25N/c1-11-5-6-13-12(10-11)7-9-15(16)8-3-2-4-14(13)15/h12-14H,1-10,16H2. The molecule has 3 rings (SSSR count). The fourth-order valence-electron chi connectivity index (χ4n) is 4.77. The first-order chi connectivity index (χ1) is 7.69. The van der Waals surface area contributed by atoms with Gasteiger partial charge in [0.15, 0.2) is 0 Å². The van der Waals surface area contributed by atoms with Crippen molar-refractivity contribution in [2.75, 3.05) is 0 Å². The summed E-state index contributed by atoms with van der Waals surface area (Å²) < 4.78 is 0. The first-order valence-corrected chi connectivity index (χ1v) is 7.14. The van der Waals surface area contributed by atoms with Crippen molar-refractivity contribution in [2.24, 2.45) is 23.5 Å². The van der Waals surface area contributed by atoms with Crippen LogP contribution in [-0.2, 0) is 0 Å². The lowest BCUT2D eigenvalue weighted by Crippen LogP contribution is -2.56. The lowest BCUT2D eigenvalue weighted by Gasteiger charge is -2.54. The molecule has 4 unspecified atom stereocenters. The molecule has 3 fully saturated rings. The summed E-state index contributed by atoms with van der Waals surface area (Å²) in [4.78, 5) is 0. The molecule has 0 bridgehead atoms. The fourth-order valence-corrected chi connectivity index (χ4v) is 4.77. The number of nitrogens with two attached hydrogens (primary N) is 1. The van der Waals surface area contributed by atoms with Gasteiger partial charge in [-0.3, -0.25) is 0 Å². The molecule has 1 nitrogen and oxygen atoms in total. The van der Waals surface area contributed by atoms with Gasteiger partial charge in [-0.05, 0) is 62.7 Å². The minimum Gasteiger partial charge on any atom is -0.325 e. The smallest absolute Gasteiger partial charge is 0.0185 e. The average molecular weight is 219 g/mol. The molecular weight excluding hydrogens is 194 g/mol. The zero-order valence-electron chi connectivity index (χ0n) is 10.4. The fraction of sp³-hybridized carbons (Fsp3) is 0.867. The molecule has 0 heterocycles. The third kappa shape index (κ3) is 1.64. The molecule has 0 aromatic carbocycles. The molecule has 3 aliphatic carbocycles. The van der Waals surface area contributed by atoms with Crippen molar-refractivity contribution in [2.45, 2.75) is 63.3 Å². The second-order valence-corrected chi connectivity index (χ2v) is 6.54. The van der Waals surface area contributed by atoms with Gasteiger partial charge < -0.3 is 5.73 Å². The van der Waals surface area contributed by atoms with E-state index in [4.69, 9.17) is 5.73 Å². The Balaban J connectivity index is 1.81. The topological polar surface area (TPSA) is 26.0 Å². The van der Waals surface area contributed by atoms with Crippen molar-refractivity contribution in [1.29, 1.82) is 0 Å². The highest BCUT2D eigenvalue weighted by Gasteiger charge is 2.48. The Labute approximate surface area is 99.5 Å². The summed E-state index contributed by atoms with van der Waals surface area (Å²) in [5.74, 6) is 2.71. The van der Waals surface area contributed by atoms with E-state index in [-0.39, 0.29) is 5.54 Å². The minimum atomic E-state index is 0.220. The zero-order valence-corrected chi connectivity index (χ0v) is 10.4. The third-order valence-electron chi connectivity index (χ3n) is 5.63. The predicted octanol–water partition coefficient (Wildman–Crippen LogP) is 3.64. The summed E-state index contributed by atoms with van der Waals surface area (Å²) in [5, 5.41) is 0. The summed E-state index contributed by atoms with van der Waals surface area (Å²) in [6, 6.07) is 0. The van der Waals surface area contributed by atoms with E-state index in [0.29, 0.717) is 0 Å². The molecule has 90 valence electrons. The SMILES string of the molecule is C=C1CCC2C(CCC3(N)CCCCC23)C1. The van der Waals surface area contributed by atoms with Crippen LogP contribution in [0.4, 0.5) is 0 Å². The van der Waals surface area contributed by atoms with E-state index in [2.05, 4.69) is 6.58 Å². The maximum Gasteiger partial charge on any atom is 0.0185 e. The molecule has 3 aliphatic rings. The highest BCUT2D eigenvalue weighted by atomic mass is 14.8. The van der Waals surface area contributed by atoms with Crippen molar-refractivity contribution in [3.63, 3.8) is 0 Å². The molecule has 0 aromatic rings. The Morgan fingerprint density at radius 3 is 2.88 bits per heavy atom. The maximum absolute atomic E-state index is 6.68. The van der Waals surface area contributed by atoms with Crippen molar-refractivity contribution in [3.05, 3.63) is 12.2 Å². The Hall–Kier alpha value is -0.300. The van der Waals surface area contributed by atoms with E-state index in [1.807, 2.05) is 0 Å². The Morgan fingerprint density at radius 2 is 2.00 bits per heavy atom. The number of hydrogen-bond donors (Lipinski definition) is 1. The number of rotatable bonds is 0. The van der Waals surface area contributed by atoms with E-state index < -0.39 is 0 Å². The van der Waals surface area contributed by atoms with Gasteiger partial charge in [-0.15, -0.1) is 0 Å². The zero-order chi connectivity index (χ0) is 11.2. The Bertz CT molecular complexity index is 296. The van der Waals surface area contributed by atoms with Crippen molar-refractivity contribution >= 4 is 0 Å². The quantitative estimate of drug-likeness (QED) is 0.618. The van der Waals surface area contributed by atoms with Crippen LogP contribution in [0.2, 0.25) is 0 Å². The summed E-state index contributed by atoms with van der Waals surface area (Å²) in [6.07, 6.45) is 12.1. The van der Waals surface area contributed by atoms with Crippen LogP contribution in [-0.4, -0.2) is 5.54 Å². The second-order valence-electron chi connectivity index (χ2n) is 6.54. The summed E-state index contributed by atoms with van der Waals surface area (Å²) in [5.41, 5.74) is 8.41. The van der Waals surface area contributed by atoms with Crippen molar-refractivity contribution < 1.29 is 0 Å². The van der Waals surface area contributed by atoms with Crippen LogP contribution in [0.3, 0.4) is 0 Å². The third-order valence-corrected chi connectivity index (χ3v) is 5.63. The molecule has 3 saturated carbocycles. The first-order valence-electron chi connectivity index (χ1n) is 7.14. The van der Waals surface area contributed by atoms with Gasteiger partial charge in [-0.2, -0.15) is 0 Å². The van der Waals surface area contributed by atoms with Gasteiger partial charge in [-0.25, -0.2) is 0 Å². The van der Waals surface area contributed by atoms with Crippen LogP contribution in [0.1, 0.15) is 57.8 Å². The Kier molecular flexibility index (Phi) is 2.62. The highest BCUT2D eigenvalue weighted by molar-refractivity contribution is 5.09. The van der Waals surface area contributed by atoms with Gasteiger partial charge >= 0.3 is 0 Å². The molecule has 16 heavy (non-hydrogen) atoms. The second kappa shape index (κ2) is 3.87. The van der Waals surface area contributed by atoms with Gasteiger partial charge in [0.1, 0.15) is 0 Å². The van der Waals surface area contributed by atoms with E-state index in [9.17, 15) is 0 Å². The predicted molar refractivity (Wildman–Crippen MR) is 68.1 cm³/mol. The van der Waals surface area contributed by atoms with Crippen LogP contribution >= 0.6 is 0 Å². The summed E-state index contributed by atoms with van der Waals surface area (Å²) >= 11 is 0. The molecule has 0 spiro atoms. The minimum absolute atomic E-state index is 0.220. The van der Waals surface area contributed by atoms with Gasteiger partial charge in [0, 0.05) is 5.54 Å². The van der Waals surface area contributed by atoms with Crippen molar-refractivity contribution in [1.82, 2.24) is 0 Å². The summed E-state index contributed by atoms with van der Waals surface area (Å²) in [7, 11) is 0. The largest absolute Gasteiger partial charge is 0.325 e. The molecule has 0 aliphatic heterocycles. The van der Waals surface area contributed by atoms with E-state index >= 15 is 0 Å². The molecule has 0 radical (unpaired) electrons. The molecule has 1 heteroatoms. The van der Waals surface area contributed by atoms with Gasteiger partial charge in [0.05, 0.1) is 0 Å². The molecule has 2 N–H and O–H groups in total. The molecule has 0 aromatic heterocycles.